The number of rotatable bonds is 9. The molecule has 0 aliphatic rings. The molecular formula is C19H18F3NO6. The number of pyridine rings is 1. The van der Waals surface area contributed by atoms with E-state index in [0.29, 0.717) is 0 Å². The third-order valence-corrected chi connectivity index (χ3v) is 3.45. The molecule has 0 N–H and O–H groups in total. The summed E-state index contributed by atoms with van der Waals surface area (Å²) in [5.41, 5.74) is 0. The standard InChI is InChI=1S/C19H18F3NO6/c1-13(24)26-15(10-11-19(20,21)22)17(27-16-9-5-6-12-23-16)18(25)29-28-14-7-3-2-4-8-14/h2-9,12,15,17H,10-11H2,1H3. The molecule has 1 aromatic carbocycles. The Labute approximate surface area is 164 Å². The predicted molar refractivity (Wildman–Crippen MR) is 92.7 cm³/mol. The van der Waals surface area contributed by atoms with E-state index in [-0.39, 0.29) is 11.6 Å². The number of hydrogen-bond acceptors (Lipinski definition) is 7. The maximum atomic E-state index is 12.7. The lowest BCUT2D eigenvalue weighted by Gasteiger charge is -2.25. The predicted octanol–water partition coefficient (Wildman–Crippen LogP) is 3.64. The van der Waals surface area contributed by atoms with E-state index in [1.165, 1.54) is 24.4 Å². The molecule has 0 spiro atoms. The normalized spacial score (nSPS) is 13.1. The highest BCUT2D eigenvalue weighted by Crippen LogP contribution is 2.26. The van der Waals surface area contributed by atoms with Crippen molar-refractivity contribution in [2.75, 3.05) is 0 Å². The highest BCUT2D eigenvalue weighted by Gasteiger charge is 2.39. The quantitative estimate of drug-likeness (QED) is 0.353. The molecule has 2 aromatic rings. The molecular weight excluding hydrogens is 395 g/mol. The van der Waals surface area contributed by atoms with Crippen LogP contribution in [-0.4, -0.2) is 35.3 Å². The fourth-order valence-corrected chi connectivity index (χ4v) is 2.23. The van der Waals surface area contributed by atoms with Crippen molar-refractivity contribution in [3.63, 3.8) is 0 Å². The molecule has 0 aliphatic carbocycles. The maximum absolute atomic E-state index is 12.7. The van der Waals surface area contributed by atoms with Gasteiger partial charge in [0.25, 0.3) is 0 Å². The van der Waals surface area contributed by atoms with Crippen molar-refractivity contribution >= 4 is 11.9 Å². The van der Waals surface area contributed by atoms with Crippen LogP contribution in [0.15, 0.2) is 54.7 Å². The van der Waals surface area contributed by atoms with Gasteiger partial charge in [-0.1, -0.05) is 24.3 Å². The summed E-state index contributed by atoms with van der Waals surface area (Å²) in [6.07, 6.45) is -8.52. The summed E-state index contributed by atoms with van der Waals surface area (Å²) in [4.78, 5) is 37.3. The molecule has 0 fully saturated rings. The van der Waals surface area contributed by atoms with Gasteiger partial charge in [0.2, 0.25) is 12.0 Å². The largest absolute Gasteiger partial charge is 0.458 e. The lowest BCUT2D eigenvalue weighted by molar-refractivity contribution is -0.227. The van der Waals surface area contributed by atoms with Crippen molar-refractivity contribution in [1.82, 2.24) is 4.98 Å². The maximum Gasteiger partial charge on any atom is 0.399 e. The fraction of sp³-hybridized carbons (Fsp3) is 0.316. The van der Waals surface area contributed by atoms with E-state index in [1.807, 2.05) is 0 Å². The van der Waals surface area contributed by atoms with E-state index < -0.39 is 43.2 Å². The molecule has 0 aliphatic heterocycles. The van der Waals surface area contributed by atoms with Gasteiger partial charge in [-0.2, -0.15) is 13.2 Å². The molecule has 0 saturated heterocycles. The van der Waals surface area contributed by atoms with Crippen LogP contribution in [0.3, 0.4) is 0 Å². The molecule has 0 saturated carbocycles. The van der Waals surface area contributed by atoms with Crippen LogP contribution in [0.1, 0.15) is 19.8 Å². The molecule has 29 heavy (non-hydrogen) atoms. The summed E-state index contributed by atoms with van der Waals surface area (Å²) >= 11 is 0. The van der Waals surface area contributed by atoms with E-state index in [2.05, 4.69) is 4.98 Å². The molecule has 156 valence electrons. The van der Waals surface area contributed by atoms with Crippen LogP contribution in [0.4, 0.5) is 13.2 Å². The Bertz CT molecular complexity index is 786. The Morgan fingerprint density at radius 3 is 2.34 bits per heavy atom. The minimum atomic E-state index is -4.53. The SMILES string of the molecule is CC(=O)OC(CCC(F)(F)F)C(Oc1ccccn1)C(=O)OOc1ccccc1. The zero-order valence-electron chi connectivity index (χ0n) is 15.3. The van der Waals surface area contributed by atoms with Gasteiger partial charge in [0.05, 0.1) is 0 Å². The average Bonchev–Trinajstić information content (AvgIpc) is 2.68. The molecule has 2 unspecified atom stereocenters. The van der Waals surface area contributed by atoms with Crippen LogP contribution in [0.2, 0.25) is 0 Å². The number of alkyl halides is 3. The van der Waals surface area contributed by atoms with Gasteiger partial charge in [0.1, 0.15) is 0 Å². The molecule has 10 heteroatoms. The Morgan fingerprint density at radius 1 is 1.07 bits per heavy atom. The van der Waals surface area contributed by atoms with Crippen molar-refractivity contribution in [3.8, 4) is 11.6 Å². The number of carbonyl (C=O) groups excluding carboxylic acids is 2. The monoisotopic (exact) mass is 413 g/mol. The zero-order valence-corrected chi connectivity index (χ0v) is 15.3. The van der Waals surface area contributed by atoms with Gasteiger partial charge in [-0.25, -0.2) is 14.7 Å². The Kier molecular flexibility index (Phi) is 7.81. The summed E-state index contributed by atoms with van der Waals surface area (Å²) in [5.74, 6) is -1.97. The minimum absolute atomic E-state index is 0.0710. The molecule has 2 rings (SSSR count). The van der Waals surface area contributed by atoms with Gasteiger partial charge in [0.15, 0.2) is 11.9 Å². The van der Waals surface area contributed by atoms with Crippen LogP contribution in [0.25, 0.3) is 0 Å². The van der Waals surface area contributed by atoms with Crippen LogP contribution in [0.5, 0.6) is 11.6 Å². The van der Waals surface area contributed by atoms with Crippen LogP contribution in [0, 0.1) is 0 Å². The van der Waals surface area contributed by atoms with Gasteiger partial charge >= 0.3 is 18.1 Å². The Hall–Kier alpha value is -3.30. The summed E-state index contributed by atoms with van der Waals surface area (Å²) < 4.78 is 48.3. The van der Waals surface area contributed by atoms with E-state index in [4.69, 9.17) is 19.2 Å². The topological polar surface area (TPSA) is 84.0 Å². The van der Waals surface area contributed by atoms with Crippen molar-refractivity contribution in [1.29, 1.82) is 0 Å². The van der Waals surface area contributed by atoms with Crippen molar-refractivity contribution < 1.29 is 42.0 Å². The summed E-state index contributed by atoms with van der Waals surface area (Å²) in [6, 6.07) is 12.4. The molecule has 0 amide bonds. The van der Waals surface area contributed by atoms with Gasteiger partial charge in [-0.15, -0.1) is 0 Å². The number of aromatic nitrogens is 1. The number of ether oxygens (including phenoxy) is 2. The van der Waals surface area contributed by atoms with Gasteiger partial charge < -0.3 is 9.47 Å². The first-order chi connectivity index (χ1) is 13.7. The van der Waals surface area contributed by atoms with E-state index in [1.54, 1.807) is 30.3 Å². The van der Waals surface area contributed by atoms with Gasteiger partial charge in [-0.3, -0.25) is 9.68 Å². The summed E-state index contributed by atoms with van der Waals surface area (Å²) in [6.45, 7) is 1.00. The van der Waals surface area contributed by atoms with Crippen LogP contribution < -0.4 is 9.62 Å². The fourth-order valence-electron chi connectivity index (χ4n) is 2.23. The lowest BCUT2D eigenvalue weighted by Crippen LogP contribution is -2.44. The molecule has 2 atom stereocenters. The Balaban J connectivity index is 2.19. The summed E-state index contributed by atoms with van der Waals surface area (Å²) in [5, 5.41) is 0. The second kappa shape index (κ2) is 10.3. The van der Waals surface area contributed by atoms with Crippen molar-refractivity contribution in [3.05, 3.63) is 54.7 Å². The molecule has 0 bridgehead atoms. The van der Waals surface area contributed by atoms with Crippen LogP contribution in [-0.2, 0) is 19.2 Å². The second-order valence-corrected chi connectivity index (χ2v) is 5.81. The number of hydrogen-bond donors (Lipinski definition) is 0. The molecule has 7 nitrogen and oxygen atoms in total. The number of carbonyl (C=O) groups is 2. The Morgan fingerprint density at radius 2 is 1.76 bits per heavy atom. The second-order valence-electron chi connectivity index (χ2n) is 5.81. The molecule has 1 aromatic heterocycles. The van der Waals surface area contributed by atoms with E-state index in [0.717, 1.165) is 6.92 Å². The van der Waals surface area contributed by atoms with Crippen molar-refractivity contribution in [2.45, 2.75) is 38.1 Å². The number of para-hydroxylation sites is 1. The lowest BCUT2D eigenvalue weighted by atomic mass is 10.1. The zero-order chi connectivity index (χ0) is 21.3. The number of benzene rings is 1. The average molecular weight is 413 g/mol. The highest BCUT2D eigenvalue weighted by molar-refractivity contribution is 5.76. The first kappa shape index (κ1) is 22.0. The third-order valence-electron chi connectivity index (χ3n) is 3.45. The number of halogens is 3. The van der Waals surface area contributed by atoms with E-state index in [9.17, 15) is 22.8 Å². The third kappa shape index (κ3) is 8.08. The van der Waals surface area contributed by atoms with Crippen LogP contribution >= 0.6 is 0 Å². The first-order valence-corrected chi connectivity index (χ1v) is 8.49. The highest BCUT2D eigenvalue weighted by atomic mass is 19.4. The van der Waals surface area contributed by atoms with Gasteiger partial charge in [0, 0.05) is 25.6 Å². The molecule has 0 radical (unpaired) electrons. The van der Waals surface area contributed by atoms with Gasteiger partial charge in [-0.05, 0) is 24.6 Å². The van der Waals surface area contributed by atoms with E-state index >= 15 is 0 Å². The minimum Gasteiger partial charge on any atom is -0.458 e. The number of nitrogens with zero attached hydrogens (tertiary/aromatic N) is 1. The smallest absolute Gasteiger partial charge is 0.399 e. The number of esters is 1. The first-order valence-electron chi connectivity index (χ1n) is 8.49. The molecule has 1 heterocycles. The summed E-state index contributed by atoms with van der Waals surface area (Å²) in [7, 11) is 0. The van der Waals surface area contributed by atoms with Crippen molar-refractivity contribution in [2.24, 2.45) is 0 Å².